The second-order valence-electron chi connectivity index (χ2n) is 3.55. The number of aryl methyl sites for hydroxylation is 1. The number of carboxylic acid groups (broad SMARTS) is 1. The molecule has 3 amide bonds. The van der Waals surface area contributed by atoms with Crippen LogP contribution in [0, 0.1) is 6.92 Å². The minimum absolute atomic E-state index is 0.0308. The Morgan fingerprint density at radius 3 is 2.68 bits per heavy atom. The molecule has 1 rings (SSSR count). The molecule has 3 N–H and O–H groups in total. The van der Waals surface area contributed by atoms with Gasteiger partial charge in [-0.3, -0.25) is 10.1 Å². The molecule has 0 aliphatic heterocycles. The maximum atomic E-state index is 11.3. The average Bonchev–Trinajstić information content (AvgIpc) is 2.68. The number of carboxylic acids is 1. The lowest BCUT2D eigenvalue weighted by Gasteiger charge is -2.06. The van der Waals surface area contributed by atoms with Crippen molar-refractivity contribution in [2.45, 2.75) is 13.8 Å². The topological polar surface area (TPSA) is 105 Å². The van der Waals surface area contributed by atoms with Crippen LogP contribution in [-0.4, -0.2) is 36.2 Å². The Morgan fingerprint density at radius 1 is 1.42 bits per heavy atom. The van der Waals surface area contributed by atoms with E-state index in [9.17, 15) is 14.4 Å². The number of urea groups is 1. The van der Waals surface area contributed by atoms with Gasteiger partial charge in [-0.15, -0.1) is 11.3 Å². The summed E-state index contributed by atoms with van der Waals surface area (Å²) < 4.78 is 5.10. The minimum Gasteiger partial charge on any atom is -0.482 e. The molecule has 0 aliphatic rings. The summed E-state index contributed by atoms with van der Waals surface area (Å²) in [4.78, 5) is 34.1. The summed E-state index contributed by atoms with van der Waals surface area (Å²) in [5.74, 6) is -1.63. The molecule has 0 aliphatic carbocycles. The number of thiophene rings is 1. The van der Waals surface area contributed by atoms with Gasteiger partial charge in [-0.2, -0.15) is 0 Å². The van der Waals surface area contributed by atoms with E-state index in [0.29, 0.717) is 6.54 Å². The van der Waals surface area contributed by atoms with Crippen LogP contribution in [0.1, 0.15) is 21.5 Å². The van der Waals surface area contributed by atoms with Gasteiger partial charge in [0.1, 0.15) is 5.75 Å². The van der Waals surface area contributed by atoms with Gasteiger partial charge < -0.3 is 15.2 Å². The molecule has 19 heavy (non-hydrogen) atoms. The number of carbonyl (C=O) groups excluding carboxylic acids is 2. The standard InChI is InChI=1S/C11H14N2O5S/c1-3-12-11(17)13-8(14)5-18-7-4-6(2)19-9(7)10(15)16/h4H,3,5H2,1-2H3,(H,15,16)(H2,12,13,14,17). The maximum Gasteiger partial charge on any atom is 0.349 e. The fourth-order valence-corrected chi connectivity index (χ4v) is 2.05. The van der Waals surface area contributed by atoms with E-state index in [0.717, 1.165) is 16.2 Å². The molecule has 1 heterocycles. The first kappa shape index (κ1) is 15.0. The third-order valence-corrected chi connectivity index (χ3v) is 2.98. The van der Waals surface area contributed by atoms with Crippen LogP contribution in [-0.2, 0) is 4.79 Å². The van der Waals surface area contributed by atoms with Crippen molar-refractivity contribution in [3.05, 3.63) is 15.8 Å². The molecule has 0 fully saturated rings. The van der Waals surface area contributed by atoms with E-state index in [2.05, 4.69) is 5.32 Å². The number of imide groups is 1. The third kappa shape index (κ3) is 4.59. The summed E-state index contributed by atoms with van der Waals surface area (Å²) in [6.45, 7) is 3.42. The van der Waals surface area contributed by atoms with Gasteiger partial charge >= 0.3 is 12.0 Å². The molecule has 0 saturated carbocycles. The van der Waals surface area contributed by atoms with Crippen molar-refractivity contribution in [2.75, 3.05) is 13.2 Å². The van der Waals surface area contributed by atoms with Crippen LogP contribution in [0.4, 0.5) is 4.79 Å². The molecule has 1 aromatic rings. The molecular formula is C11H14N2O5S. The summed E-state index contributed by atoms with van der Waals surface area (Å²) in [6, 6.07) is 0.920. The summed E-state index contributed by atoms with van der Waals surface area (Å²) >= 11 is 1.06. The Labute approximate surface area is 113 Å². The number of aromatic carboxylic acids is 1. The fraction of sp³-hybridized carbons (Fsp3) is 0.364. The Kier molecular flexibility index (Phi) is 5.31. The SMILES string of the molecule is CCNC(=O)NC(=O)COc1cc(C)sc1C(=O)O. The second kappa shape index (κ2) is 6.74. The van der Waals surface area contributed by atoms with E-state index in [1.165, 1.54) is 6.07 Å². The van der Waals surface area contributed by atoms with Crippen molar-refractivity contribution in [1.29, 1.82) is 0 Å². The van der Waals surface area contributed by atoms with Crippen LogP contribution >= 0.6 is 11.3 Å². The maximum absolute atomic E-state index is 11.3. The van der Waals surface area contributed by atoms with Crippen molar-refractivity contribution in [2.24, 2.45) is 0 Å². The van der Waals surface area contributed by atoms with Gasteiger partial charge in [-0.25, -0.2) is 9.59 Å². The van der Waals surface area contributed by atoms with Crippen LogP contribution in [0.25, 0.3) is 0 Å². The first-order chi connectivity index (χ1) is 8.93. The lowest BCUT2D eigenvalue weighted by Crippen LogP contribution is -2.41. The fourth-order valence-electron chi connectivity index (χ4n) is 1.26. The van der Waals surface area contributed by atoms with E-state index in [-0.39, 0.29) is 10.6 Å². The summed E-state index contributed by atoms with van der Waals surface area (Å²) in [5.41, 5.74) is 0. The molecule has 104 valence electrons. The van der Waals surface area contributed by atoms with E-state index in [4.69, 9.17) is 9.84 Å². The Balaban J connectivity index is 2.55. The number of ether oxygens (including phenoxy) is 1. The smallest absolute Gasteiger partial charge is 0.349 e. The molecule has 0 atom stereocenters. The molecule has 8 heteroatoms. The predicted octanol–water partition coefficient (Wildman–Crippen LogP) is 0.979. The zero-order chi connectivity index (χ0) is 14.4. The zero-order valence-corrected chi connectivity index (χ0v) is 11.3. The number of rotatable bonds is 5. The van der Waals surface area contributed by atoms with Crippen LogP contribution in [0.5, 0.6) is 5.75 Å². The summed E-state index contributed by atoms with van der Waals surface area (Å²) in [5, 5.41) is 13.4. The Hall–Kier alpha value is -2.09. The normalized spacial score (nSPS) is 9.79. The van der Waals surface area contributed by atoms with Crippen molar-refractivity contribution in [3.8, 4) is 5.75 Å². The highest BCUT2D eigenvalue weighted by Gasteiger charge is 2.16. The minimum atomic E-state index is -1.11. The van der Waals surface area contributed by atoms with Gasteiger partial charge in [0.05, 0.1) is 0 Å². The third-order valence-electron chi connectivity index (χ3n) is 1.96. The first-order valence-corrected chi connectivity index (χ1v) is 6.30. The van der Waals surface area contributed by atoms with E-state index in [1.54, 1.807) is 13.8 Å². The average molecular weight is 286 g/mol. The predicted molar refractivity (Wildman–Crippen MR) is 68.7 cm³/mol. The van der Waals surface area contributed by atoms with Crippen LogP contribution in [0.15, 0.2) is 6.07 Å². The summed E-state index contributed by atoms with van der Waals surface area (Å²) in [6.07, 6.45) is 0. The van der Waals surface area contributed by atoms with Crippen LogP contribution in [0.3, 0.4) is 0 Å². The molecular weight excluding hydrogens is 272 g/mol. The van der Waals surface area contributed by atoms with Crippen molar-refractivity contribution < 1.29 is 24.2 Å². The van der Waals surface area contributed by atoms with Crippen molar-refractivity contribution in [3.63, 3.8) is 0 Å². The number of hydrogen-bond acceptors (Lipinski definition) is 5. The van der Waals surface area contributed by atoms with Gasteiger partial charge in [0.15, 0.2) is 11.5 Å². The number of carbonyl (C=O) groups is 3. The highest BCUT2D eigenvalue weighted by Crippen LogP contribution is 2.28. The lowest BCUT2D eigenvalue weighted by atomic mass is 10.4. The monoisotopic (exact) mass is 286 g/mol. The molecule has 0 aromatic carbocycles. The largest absolute Gasteiger partial charge is 0.482 e. The highest BCUT2D eigenvalue weighted by atomic mass is 32.1. The van der Waals surface area contributed by atoms with Gasteiger partial charge in [0.25, 0.3) is 5.91 Å². The quantitative estimate of drug-likeness (QED) is 0.748. The molecule has 0 unspecified atom stereocenters. The van der Waals surface area contributed by atoms with Crippen LogP contribution < -0.4 is 15.4 Å². The molecule has 0 bridgehead atoms. The first-order valence-electron chi connectivity index (χ1n) is 5.48. The van der Waals surface area contributed by atoms with E-state index < -0.39 is 24.5 Å². The van der Waals surface area contributed by atoms with Crippen LogP contribution in [0.2, 0.25) is 0 Å². The molecule has 0 saturated heterocycles. The van der Waals surface area contributed by atoms with Gasteiger partial charge in [-0.05, 0) is 19.9 Å². The molecule has 0 radical (unpaired) electrons. The lowest BCUT2D eigenvalue weighted by molar-refractivity contribution is -0.122. The number of amides is 3. The van der Waals surface area contributed by atoms with E-state index in [1.807, 2.05) is 5.32 Å². The Bertz CT molecular complexity index is 497. The van der Waals surface area contributed by atoms with Gasteiger partial charge in [0, 0.05) is 11.4 Å². The second-order valence-corrected chi connectivity index (χ2v) is 4.81. The van der Waals surface area contributed by atoms with Gasteiger partial charge in [-0.1, -0.05) is 0 Å². The molecule has 7 nitrogen and oxygen atoms in total. The molecule has 0 spiro atoms. The number of nitrogens with one attached hydrogen (secondary N) is 2. The molecule has 1 aromatic heterocycles. The number of hydrogen-bond donors (Lipinski definition) is 3. The van der Waals surface area contributed by atoms with Crippen molar-refractivity contribution >= 4 is 29.2 Å². The van der Waals surface area contributed by atoms with Gasteiger partial charge in [0.2, 0.25) is 0 Å². The highest BCUT2D eigenvalue weighted by molar-refractivity contribution is 7.14. The summed E-state index contributed by atoms with van der Waals surface area (Å²) in [7, 11) is 0. The Morgan fingerprint density at radius 2 is 2.11 bits per heavy atom. The van der Waals surface area contributed by atoms with E-state index >= 15 is 0 Å². The zero-order valence-electron chi connectivity index (χ0n) is 10.5. The van der Waals surface area contributed by atoms with Crippen molar-refractivity contribution in [1.82, 2.24) is 10.6 Å².